The van der Waals surface area contributed by atoms with Crippen LogP contribution in [0.5, 0.6) is 0 Å². The number of anilines is 1. The van der Waals surface area contributed by atoms with Crippen LogP contribution in [0.4, 0.5) is 10.1 Å². The highest BCUT2D eigenvalue weighted by Gasteiger charge is 2.43. The standard InChI is InChI=1S/C14H17FN2O3/c15-10-4-1-2-5-11(10)17-12(18)6-9-16-14(13(19)20)7-3-8-14/h1-2,4-5,16H,3,6-9H2,(H,17,18)(H,19,20). The van der Waals surface area contributed by atoms with Crippen molar-refractivity contribution in [3.05, 3.63) is 30.1 Å². The molecule has 0 aromatic heterocycles. The van der Waals surface area contributed by atoms with E-state index in [0.717, 1.165) is 6.42 Å². The summed E-state index contributed by atoms with van der Waals surface area (Å²) in [5.41, 5.74) is -0.743. The molecule has 0 saturated heterocycles. The predicted molar refractivity (Wildman–Crippen MR) is 71.9 cm³/mol. The summed E-state index contributed by atoms with van der Waals surface area (Å²) in [7, 11) is 0. The minimum absolute atomic E-state index is 0.101. The van der Waals surface area contributed by atoms with E-state index in [2.05, 4.69) is 10.6 Å². The number of hydrogen-bond acceptors (Lipinski definition) is 3. The Labute approximate surface area is 116 Å². The number of para-hydroxylation sites is 1. The summed E-state index contributed by atoms with van der Waals surface area (Å²) in [6.07, 6.45) is 2.14. The Morgan fingerprint density at radius 1 is 1.30 bits per heavy atom. The Bertz CT molecular complexity index is 515. The van der Waals surface area contributed by atoms with Crippen LogP contribution in [-0.2, 0) is 9.59 Å². The summed E-state index contributed by atoms with van der Waals surface area (Å²) in [5.74, 6) is -1.71. The molecular weight excluding hydrogens is 263 g/mol. The summed E-state index contributed by atoms with van der Waals surface area (Å²) in [4.78, 5) is 22.8. The van der Waals surface area contributed by atoms with Crippen molar-refractivity contribution in [1.29, 1.82) is 0 Å². The van der Waals surface area contributed by atoms with Gasteiger partial charge in [0.25, 0.3) is 0 Å². The molecule has 1 aromatic carbocycles. The molecule has 1 amide bonds. The number of aliphatic carboxylic acids is 1. The Balaban J connectivity index is 1.79. The van der Waals surface area contributed by atoms with Gasteiger partial charge in [-0.25, -0.2) is 4.39 Å². The first-order chi connectivity index (χ1) is 9.53. The summed E-state index contributed by atoms with van der Waals surface area (Å²) >= 11 is 0. The van der Waals surface area contributed by atoms with Gasteiger partial charge in [-0.05, 0) is 31.4 Å². The molecule has 3 N–H and O–H groups in total. The third kappa shape index (κ3) is 3.14. The maximum Gasteiger partial charge on any atom is 0.323 e. The number of hydrogen-bond donors (Lipinski definition) is 3. The third-order valence-corrected chi connectivity index (χ3v) is 3.58. The summed E-state index contributed by atoms with van der Waals surface area (Å²) in [5, 5.41) is 14.5. The van der Waals surface area contributed by atoms with Crippen LogP contribution in [0.15, 0.2) is 24.3 Å². The van der Waals surface area contributed by atoms with Crippen LogP contribution >= 0.6 is 0 Å². The largest absolute Gasteiger partial charge is 0.480 e. The first-order valence-corrected chi connectivity index (χ1v) is 6.56. The van der Waals surface area contributed by atoms with E-state index in [1.54, 1.807) is 12.1 Å². The molecule has 1 aliphatic carbocycles. The smallest absolute Gasteiger partial charge is 0.323 e. The van der Waals surface area contributed by atoms with Crippen molar-refractivity contribution in [2.45, 2.75) is 31.2 Å². The molecular formula is C14H17FN2O3. The summed E-state index contributed by atoms with van der Waals surface area (Å²) in [6.45, 7) is 0.257. The fourth-order valence-corrected chi connectivity index (χ4v) is 2.19. The maximum atomic E-state index is 13.3. The number of carboxylic acids is 1. The summed E-state index contributed by atoms with van der Waals surface area (Å²) in [6, 6.07) is 5.91. The van der Waals surface area contributed by atoms with E-state index in [4.69, 9.17) is 5.11 Å². The van der Waals surface area contributed by atoms with Crippen molar-refractivity contribution in [3.8, 4) is 0 Å². The molecule has 0 bridgehead atoms. The van der Waals surface area contributed by atoms with Gasteiger partial charge in [-0.2, -0.15) is 0 Å². The Hall–Kier alpha value is -1.95. The molecule has 1 fully saturated rings. The van der Waals surface area contributed by atoms with Crippen molar-refractivity contribution in [3.63, 3.8) is 0 Å². The Morgan fingerprint density at radius 2 is 2.00 bits per heavy atom. The molecule has 1 aromatic rings. The molecule has 0 atom stereocenters. The molecule has 1 saturated carbocycles. The fourth-order valence-electron chi connectivity index (χ4n) is 2.19. The SMILES string of the molecule is O=C(CCNC1(C(=O)O)CCC1)Nc1ccccc1F. The normalized spacial score (nSPS) is 16.2. The van der Waals surface area contributed by atoms with Gasteiger partial charge in [-0.15, -0.1) is 0 Å². The number of benzene rings is 1. The molecule has 2 rings (SSSR count). The number of carboxylic acid groups (broad SMARTS) is 1. The minimum atomic E-state index is -0.877. The van der Waals surface area contributed by atoms with Crippen LogP contribution in [0, 0.1) is 5.82 Å². The topological polar surface area (TPSA) is 78.4 Å². The van der Waals surface area contributed by atoms with Gasteiger partial charge < -0.3 is 15.7 Å². The lowest BCUT2D eigenvalue weighted by Crippen LogP contribution is -2.57. The van der Waals surface area contributed by atoms with E-state index in [1.807, 2.05) is 0 Å². The van der Waals surface area contributed by atoms with Gasteiger partial charge in [0.2, 0.25) is 5.91 Å². The molecule has 0 heterocycles. The van der Waals surface area contributed by atoms with Crippen molar-refractivity contribution in [2.75, 3.05) is 11.9 Å². The number of rotatable bonds is 6. The zero-order valence-corrected chi connectivity index (χ0v) is 11.0. The van der Waals surface area contributed by atoms with Gasteiger partial charge in [0, 0.05) is 13.0 Å². The van der Waals surface area contributed by atoms with E-state index < -0.39 is 17.3 Å². The lowest BCUT2D eigenvalue weighted by molar-refractivity contribution is -0.149. The molecule has 20 heavy (non-hydrogen) atoms. The number of amides is 1. The Morgan fingerprint density at radius 3 is 2.55 bits per heavy atom. The lowest BCUT2D eigenvalue weighted by atomic mass is 9.77. The highest BCUT2D eigenvalue weighted by Crippen LogP contribution is 2.31. The molecule has 0 spiro atoms. The quantitative estimate of drug-likeness (QED) is 0.742. The first-order valence-electron chi connectivity index (χ1n) is 6.56. The second kappa shape index (κ2) is 6.00. The van der Waals surface area contributed by atoms with Crippen molar-refractivity contribution in [1.82, 2.24) is 5.32 Å². The second-order valence-corrected chi connectivity index (χ2v) is 4.95. The first kappa shape index (κ1) is 14.5. The number of carbonyl (C=O) groups excluding carboxylic acids is 1. The van der Waals surface area contributed by atoms with E-state index in [0.29, 0.717) is 12.8 Å². The van der Waals surface area contributed by atoms with Gasteiger partial charge >= 0.3 is 5.97 Å². The van der Waals surface area contributed by atoms with Crippen molar-refractivity contribution < 1.29 is 19.1 Å². The highest BCUT2D eigenvalue weighted by atomic mass is 19.1. The summed E-state index contributed by atoms with van der Waals surface area (Å²) < 4.78 is 13.3. The maximum absolute atomic E-state index is 13.3. The van der Waals surface area contributed by atoms with E-state index in [1.165, 1.54) is 12.1 Å². The number of carbonyl (C=O) groups is 2. The van der Waals surface area contributed by atoms with Crippen LogP contribution < -0.4 is 10.6 Å². The van der Waals surface area contributed by atoms with E-state index >= 15 is 0 Å². The van der Waals surface area contributed by atoms with Crippen molar-refractivity contribution in [2.24, 2.45) is 0 Å². The van der Waals surface area contributed by atoms with Crippen LogP contribution in [0.3, 0.4) is 0 Å². The molecule has 5 nitrogen and oxygen atoms in total. The number of halogens is 1. The minimum Gasteiger partial charge on any atom is -0.480 e. The monoisotopic (exact) mass is 280 g/mol. The van der Waals surface area contributed by atoms with Gasteiger partial charge in [0.1, 0.15) is 11.4 Å². The second-order valence-electron chi connectivity index (χ2n) is 4.95. The van der Waals surface area contributed by atoms with Crippen molar-refractivity contribution >= 4 is 17.6 Å². The molecule has 0 aliphatic heterocycles. The predicted octanol–water partition coefficient (Wildman–Crippen LogP) is 1.75. The fraction of sp³-hybridized carbons (Fsp3) is 0.429. The van der Waals surface area contributed by atoms with Crippen LogP contribution in [0.25, 0.3) is 0 Å². The van der Waals surface area contributed by atoms with Gasteiger partial charge in [0.05, 0.1) is 5.69 Å². The number of nitrogens with one attached hydrogen (secondary N) is 2. The van der Waals surface area contributed by atoms with Crippen LogP contribution in [0.1, 0.15) is 25.7 Å². The van der Waals surface area contributed by atoms with Gasteiger partial charge in [0.15, 0.2) is 0 Å². The molecule has 108 valence electrons. The van der Waals surface area contributed by atoms with Crippen LogP contribution in [-0.4, -0.2) is 29.1 Å². The van der Waals surface area contributed by atoms with Gasteiger partial charge in [-0.3, -0.25) is 9.59 Å². The highest BCUT2D eigenvalue weighted by molar-refractivity contribution is 5.91. The molecule has 6 heteroatoms. The lowest BCUT2D eigenvalue weighted by Gasteiger charge is -2.38. The van der Waals surface area contributed by atoms with Crippen LogP contribution in [0.2, 0.25) is 0 Å². The Kier molecular flexibility index (Phi) is 4.34. The third-order valence-electron chi connectivity index (χ3n) is 3.58. The average Bonchev–Trinajstić information content (AvgIpc) is 2.35. The van der Waals surface area contributed by atoms with E-state index in [-0.39, 0.29) is 24.6 Å². The van der Waals surface area contributed by atoms with Gasteiger partial charge in [-0.1, -0.05) is 12.1 Å². The van der Waals surface area contributed by atoms with E-state index in [9.17, 15) is 14.0 Å². The molecule has 0 unspecified atom stereocenters. The zero-order valence-electron chi connectivity index (χ0n) is 11.0. The molecule has 1 aliphatic rings. The molecule has 0 radical (unpaired) electrons. The zero-order chi connectivity index (χ0) is 14.6. The average molecular weight is 280 g/mol.